The summed E-state index contributed by atoms with van der Waals surface area (Å²) in [5.41, 5.74) is 1.41. The van der Waals surface area contributed by atoms with Crippen molar-refractivity contribution in [1.82, 2.24) is 15.4 Å². The maximum absolute atomic E-state index is 12.9. The number of carboxylic acid groups (broad SMARTS) is 1. The van der Waals surface area contributed by atoms with Crippen molar-refractivity contribution in [3.05, 3.63) is 41.7 Å². The molecule has 0 spiro atoms. The standard InChI is InChI=1S/C19H19N3O5S.Ag/c1-9-11(12(21-27-9)10-7-5-4-6-8-10)15(23)20-13-16(24)22-14(18(25)26)19(2,3)28-17(13)22;/h4-8,13-14,17H,1-3H3,(H,20,23)(H,25,26);/t13-,14+,17-;/m1./s1. The molecule has 1 aromatic heterocycles. The average molecular weight is 509 g/mol. The van der Waals surface area contributed by atoms with Gasteiger partial charge in [0, 0.05) is 32.7 Å². The molecular formula is C19H19AgN3O5S. The number of hydrogen-bond acceptors (Lipinski definition) is 6. The Morgan fingerprint density at radius 1 is 1.28 bits per heavy atom. The molecule has 2 aliphatic heterocycles. The van der Waals surface area contributed by atoms with Gasteiger partial charge in [0.25, 0.3) is 5.91 Å². The molecule has 0 aliphatic carbocycles. The minimum Gasteiger partial charge on any atom is -0.480 e. The zero-order chi connectivity index (χ0) is 20.2. The average Bonchev–Trinajstić information content (AvgIpc) is 3.15. The predicted molar refractivity (Wildman–Crippen MR) is 102 cm³/mol. The van der Waals surface area contributed by atoms with Crippen LogP contribution in [0.15, 0.2) is 34.9 Å². The summed E-state index contributed by atoms with van der Waals surface area (Å²) < 4.78 is 4.57. The Kier molecular flexibility index (Phi) is 5.70. The molecule has 3 atom stereocenters. The fourth-order valence-corrected chi connectivity index (χ4v) is 5.42. The number of hydrogen-bond donors (Lipinski definition) is 2. The summed E-state index contributed by atoms with van der Waals surface area (Å²) in [6.45, 7) is 5.22. The second-order valence-electron chi connectivity index (χ2n) is 7.38. The van der Waals surface area contributed by atoms with E-state index in [-0.39, 0.29) is 33.9 Å². The summed E-state index contributed by atoms with van der Waals surface area (Å²) in [4.78, 5) is 38.5. The number of nitrogens with one attached hydrogen (secondary N) is 1. The van der Waals surface area contributed by atoms with E-state index in [1.165, 1.54) is 16.7 Å². The topological polar surface area (TPSA) is 113 Å². The number of amides is 2. The van der Waals surface area contributed by atoms with E-state index >= 15 is 0 Å². The second-order valence-corrected chi connectivity index (χ2v) is 9.15. The quantitative estimate of drug-likeness (QED) is 0.478. The van der Waals surface area contributed by atoms with Gasteiger partial charge in [0.2, 0.25) is 5.91 Å². The summed E-state index contributed by atoms with van der Waals surface area (Å²) in [6.07, 6.45) is 0. The number of carbonyl (C=O) groups excluding carboxylic acids is 2. The van der Waals surface area contributed by atoms with E-state index in [0.717, 1.165) is 5.56 Å². The van der Waals surface area contributed by atoms with Crippen molar-refractivity contribution in [2.24, 2.45) is 0 Å². The molecule has 2 saturated heterocycles. The first kappa shape index (κ1) is 21.6. The fourth-order valence-electron chi connectivity index (χ4n) is 3.79. The third-order valence-corrected chi connectivity index (χ3v) is 6.67. The molecule has 0 unspecified atom stereocenters. The van der Waals surface area contributed by atoms with E-state index in [1.807, 2.05) is 30.3 Å². The zero-order valence-corrected chi connectivity index (χ0v) is 18.1. The molecule has 2 fully saturated rings. The summed E-state index contributed by atoms with van der Waals surface area (Å²) >= 11 is 1.38. The van der Waals surface area contributed by atoms with Crippen LogP contribution in [0.5, 0.6) is 0 Å². The number of fused-ring (bicyclic) bond motifs is 1. The van der Waals surface area contributed by atoms with Crippen LogP contribution in [0.3, 0.4) is 0 Å². The van der Waals surface area contributed by atoms with Crippen LogP contribution in [0.1, 0.15) is 30.0 Å². The molecule has 2 aromatic rings. The Morgan fingerprint density at radius 2 is 1.93 bits per heavy atom. The van der Waals surface area contributed by atoms with Crippen LogP contribution in [0.25, 0.3) is 11.3 Å². The van der Waals surface area contributed by atoms with Crippen molar-refractivity contribution in [3.8, 4) is 11.3 Å². The van der Waals surface area contributed by atoms with Crippen molar-refractivity contribution in [2.45, 2.75) is 43.0 Å². The number of aliphatic carboxylic acids is 1. The van der Waals surface area contributed by atoms with Gasteiger partial charge >= 0.3 is 5.97 Å². The maximum Gasteiger partial charge on any atom is 0.327 e. The van der Waals surface area contributed by atoms with Gasteiger partial charge in [0.05, 0.1) is 0 Å². The summed E-state index contributed by atoms with van der Waals surface area (Å²) in [7, 11) is 0. The van der Waals surface area contributed by atoms with Gasteiger partial charge < -0.3 is 19.8 Å². The second kappa shape index (κ2) is 7.64. The molecule has 2 aliphatic rings. The molecule has 0 saturated carbocycles. The number of aryl methyl sites for hydroxylation is 1. The minimum absolute atomic E-state index is 0. The first-order chi connectivity index (χ1) is 13.2. The van der Waals surface area contributed by atoms with Crippen molar-refractivity contribution in [2.75, 3.05) is 0 Å². The van der Waals surface area contributed by atoms with Crippen molar-refractivity contribution < 1.29 is 46.4 Å². The number of carbonyl (C=O) groups is 3. The SMILES string of the molecule is Cc1onc(-c2ccccc2)c1C(=O)N[C@@H]1C(=O)N2[C@@H]1SC(C)(C)[C@@H]2C(=O)O.[Ag]. The Balaban J connectivity index is 0.00000240. The number of nitrogens with zero attached hydrogens (tertiary/aromatic N) is 2. The largest absolute Gasteiger partial charge is 0.480 e. The van der Waals surface area contributed by atoms with Crippen LogP contribution < -0.4 is 5.32 Å². The van der Waals surface area contributed by atoms with Crippen LogP contribution in [-0.4, -0.2) is 55.2 Å². The van der Waals surface area contributed by atoms with Crippen molar-refractivity contribution in [3.63, 3.8) is 0 Å². The number of carboxylic acids is 1. The number of thioether (sulfide) groups is 1. The van der Waals surface area contributed by atoms with Gasteiger partial charge in [-0.15, -0.1) is 11.8 Å². The van der Waals surface area contributed by atoms with Crippen LogP contribution in [0.4, 0.5) is 0 Å². The number of benzene rings is 1. The monoisotopic (exact) mass is 508 g/mol. The fraction of sp³-hybridized carbons (Fsp3) is 0.368. The van der Waals surface area contributed by atoms with E-state index in [2.05, 4.69) is 10.5 Å². The minimum atomic E-state index is -1.04. The smallest absolute Gasteiger partial charge is 0.327 e. The Labute approximate surface area is 186 Å². The Hall–Kier alpha value is -2.07. The van der Waals surface area contributed by atoms with Gasteiger partial charge in [-0.1, -0.05) is 35.5 Å². The molecule has 1 radical (unpaired) electrons. The first-order valence-electron chi connectivity index (χ1n) is 8.77. The Morgan fingerprint density at radius 3 is 2.55 bits per heavy atom. The van der Waals surface area contributed by atoms with Gasteiger partial charge in [-0.2, -0.15) is 0 Å². The van der Waals surface area contributed by atoms with Gasteiger partial charge in [-0.05, 0) is 20.8 Å². The molecule has 157 valence electrons. The van der Waals surface area contributed by atoms with Crippen molar-refractivity contribution in [1.29, 1.82) is 0 Å². The number of β-lactam (4-membered cyclic amide) rings is 1. The van der Waals surface area contributed by atoms with E-state index in [9.17, 15) is 19.5 Å². The van der Waals surface area contributed by atoms with Gasteiger partial charge in [-0.25, -0.2) is 4.79 Å². The molecule has 10 heteroatoms. The molecular weight excluding hydrogens is 490 g/mol. The van der Waals surface area contributed by atoms with Crippen LogP contribution in [0.2, 0.25) is 0 Å². The Bertz CT molecular complexity index is 977. The van der Waals surface area contributed by atoms with Crippen LogP contribution in [0, 0.1) is 6.92 Å². The van der Waals surface area contributed by atoms with Gasteiger partial charge in [0.15, 0.2) is 0 Å². The summed E-state index contributed by atoms with van der Waals surface area (Å²) in [5, 5.41) is 15.8. The molecule has 8 nitrogen and oxygen atoms in total. The first-order valence-corrected chi connectivity index (χ1v) is 9.65. The number of rotatable bonds is 4. The molecule has 0 bridgehead atoms. The van der Waals surface area contributed by atoms with Gasteiger partial charge in [0.1, 0.15) is 34.5 Å². The molecule has 1 aromatic carbocycles. The zero-order valence-electron chi connectivity index (χ0n) is 15.8. The molecule has 3 heterocycles. The van der Waals surface area contributed by atoms with Crippen LogP contribution in [-0.2, 0) is 32.0 Å². The maximum atomic E-state index is 12.9. The molecule has 29 heavy (non-hydrogen) atoms. The van der Waals surface area contributed by atoms with Crippen LogP contribution >= 0.6 is 11.8 Å². The van der Waals surface area contributed by atoms with Gasteiger partial charge in [-0.3, -0.25) is 9.59 Å². The van der Waals surface area contributed by atoms with E-state index in [0.29, 0.717) is 11.5 Å². The third kappa shape index (κ3) is 3.42. The summed E-state index contributed by atoms with van der Waals surface area (Å²) in [5.74, 6) is -1.55. The van der Waals surface area contributed by atoms with E-state index < -0.39 is 34.1 Å². The number of aromatic nitrogens is 1. The summed E-state index contributed by atoms with van der Waals surface area (Å²) in [6, 6.07) is 7.46. The third-order valence-electron chi connectivity index (χ3n) is 5.10. The van der Waals surface area contributed by atoms with E-state index in [1.54, 1.807) is 20.8 Å². The van der Waals surface area contributed by atoms with Crippen molar-refractivity contribution >= 4 is 29.5 Å². The molecule has 4 rings (SSSR count). The van der Waals surface area contributed by atoms with E-state index in [4.69, 9.17) is 4.52 Å². The normalized spacial score (nSPS) is 24.3. The predicted octanol–water partition coefficient (Wildman–Crippen LogP) is 1.89. The molecule has 2 amide bonds. The molecule has 2 N–H and O–H groups in total.